The van der Waals surface area contributed by atoms with Crippen molar-refractivity contribution in [3.63, 3.8) is 0 Å². The smallest absolute Gasteiger partial charge is 0.220 e. The topological polar surface area (TPSA) is 149 Å². The van der Waals surface area contributed by atoms with Crippen molar-refractivity contribution in [1.82, 2.24) is 5.32 Å². The first kappa shape index (κ1) is 60.6. The molecule has 0 saturated carbocycles. The third-order valence-corrected chi connectivity index (χ3v) is 12.3. The zero-order valence-corrected chi connectivity index (χ0v) is 41.5. The van der Waals surface area contributed by atoms with Gasteiger partial charge in [-0.1, -0.05) is 222 Å². The number of carbonyl (C=O) groups excluding carboxylic acids is 1. The molecule has 1 rings (SSSR count). The standard InChI is InChI=1S/C56H99NO8/c1-3-5-7-9-11-13-14-15-16-17-18-19-20-21-22-23-24-25-26-27-28-29-30-31-32-33-34-35-36-38-40-42-44-46-52(60)57-49(50(59)45-43-41-39-37-12-10-8-6-4-2)48-64-56-55(63)54(62)53(61)51(47-58)65-56/h5,7,11,13,15-16,18-19,21-22,24-25,49-51,53-56,58-59,61-63H,3-4,6,8-10,12,14,17,20,23,26-48H2,1-2H3,(H,57,60)/b7-5-,13-11-,16-15-,19-18-,22-21-,25-24-. The third kappa shape index (κ3) is 35.4. The summed E-state index contributed by atoms with van der Waals surface area (Å²) in [6.07, 6.45) is 55.1. The number of aliphatic hydroxyl groups excluding tert-OH is 5. The predicted octanol–water partition coefficient (Wildman–Crippen LogP) is 12.5. The molecule has 376 valence electrons. The van der Waals surface area contributed by atoms with Gasteiger partial charge in [-0.3, -0.25) is 4.79 Å². The molecule has 9 nitrogen and oxygen atoms in total. The van der Waals surface area contributed by atoms with Gasteiger partial charge in [0.1, 0.15) is 24.4 Å². The molecule has 0 aromatic carbocycles. The number of amides is 1. The summed E-state index contributed by atoms with van der Waals surface area (Å²) in [4.78, 5) is 13.0. The SMILES string of the molecule is CC/C=C\C/C=C\C/C=C\C/C=C\C/C=C\C/C=C\CCCCCCCCCCCCCCCCC(=O)NC(COC1OC(CO)C(O)C(O)C1O)C(O)CCCCCCCCCCC. The van der Waals surface area contributed by atoms with Crippen molar-refractivity contribution in [3.8, 4) is 0 Å². The Hall–Kier alpha value is -2.37. The van der Waals surface area contributed by atoms with E-state index in [-0.39, 0.29) is 12.5 Å². The molecule has 1 aliphatic rings. The number of rotatable bonds is 44. The molecule has 1 amide bonds. The van der Waals surface area contributed by atoms with E-state index in [1.54, 1.807) is 0 Å². The molecule has 6 N–H and O–H groups in total. The zero-order chi connectivity index (χ0) is 47.3. The number of aliphatic hydroxyl groups is 5. The molecule has 0 bridgehead atoms. The molecule has 1 aliphatic heterocycles. The molecule has 0 spiro atoms. The summed E-state index contributed by atoms with van der Waals surface area (Å²) in [5.41, 5.74) is 0. The lowest BCUT2D eigenvalue weighted by molar-refractivity contribution is -0.302. The van der Waals surface area contributed by atoms with Crippen LogP contribution in [0, 0.1) is 0 Å². The van der Waals surface area contributed by atoms with Crippen LogP contribution in [0.25, 0.3) is 0 Å². The van der Waals surface area contributed by atoms with Crippen LogP contribution in [0.2, 0.25) is 0 Å². The molecule has 1 saturated heterocycles. The van der Waals surface area contributed by atoms with E-state index in [1.165, 1.54) is 116 Å². The summed E-state index contributed by atoms with van der Waals surface area (Å²) in [5, 5.41) is 54.3. The summed E-state index contributed by atoms with van der Waals surface area (Å²) in [5.74, 6) is -0.150. The van der Waals surface area contributed by atoms with Gasteiger partial charge in [-0.25, -0.2) is 0 Å². The van der Waals surface area contributed by atoms with Crippen LogP contribution in [0.15, 0.2) is 72.9 Å². The number of carbonyl (C=O) groups is 1. The van der Waals surface area contributed by atoms with Crippen molar-refractivity contribution in [2.24, 2.45) is 0 Å². The molecule has 7 atom stereocenters. The first-order valence-electron chi connectivity index (χ1n) is 26.6. The van der Waals surface area contributed by atoms with E-state index in [1.807, 2.05) is 0 Å². The Kier molecular flexibility index (Phi) is 42.4. The zero-order valence-electron chi connectivity index (χ0n) is 41.5. The number of allylic oxidation sites excluding steroid dienone is 12. The average molecular weight is 914 g/mol. The Morgan fingerprint density at radius 2 is 0.954 bits per heavy atom. The number of unbranched alkanes of at least 4 members (excludes halogenated alkanes) is 22. The lowest BCUT2D eigenvalue weighted by Gasteiger charge is -2.40. The van der Waals surface area contributed by atoms with Crippen LogP contribution >= 0.6 is 0 Å². The van der Waals surface area contributed by atoms with Crippen molar-refractivity contribution in [3.05, 3.63) is 72.9 Å². The van der Waals surface area contributed by atoms with Gasteiger partial charge in [0.25, 0.3) is 0 Å². The average Bonchev–Trinajstić information content (AvgIpc) is 3.31. The molecule has 65 heavy (non-hydrogen) atoms. The second-order valence-corrected chi connectivity index (χ2v) is 18.3. The van der Waals surface area contributed by atoms with Crippen molar-refractivity contribution in [1.29, 1.82) is 0 Å². The van der Waals surface area contributed by atoms with Gasteiger partial charge in [0, 0.05) is 6.42 Å². The molecule has 1 fully saturated rings. The van der Waals surface area contributed by atoms with Crippen LogP contribution in [-0.4, -0.2) is 87.5 Å². The molecule has 0 aromatic heterocycles. The van der Waals surface area contributed by atoms with Crippen LogP contribution < -0.4 is 5.32 Å². The first-order chi connectivity index (χ1) is 31.8. The first-order valence-corrected chi connectivity index (χ1v) is 26.6. The molecule has 7 unspecified atom stereocenters. The quantitative estimate of drug-likeness (QED) is 0.0261. The van der Waals surface area contributed by atoms with Crippen LogP contribution in [0.4, 0.5) is 0 Å². The van der Waals surface area contributed by atoms with Crippen LogP contribution in [0.1, 0.15) is 219 Å². The maximum absolute atomic E-state index is 13.0. The largest absolute Gasteiger partial charge is 0.394 e. The highest BCUT2D eigenvalue weighted by Gasteiger charge is 2.44. The molecule has 0 aromatic rings. The second-order valence-electron chi connectivity index (χ2n) is 18.3. The molecular formula is C56H99NO8. The van der Waals surface area contributed by atoms with E-state index in [9.17, 15) is 30.3 Å². The fourth-order valence-electron chi connectivity index (χ4n) is 8.11. The number of hydrogen-bond acceptors (Lipinski definition) is 8. The predicted molar refractivity (Wildman–Crippen MR) is 272 cm³/mol. The van der Waals surface area contributed by atoms with Crippen LogP contribution in [0.5, 0.6) is 0 Å². The van der Waals surface area contributed by atoms with Crippen molar-refractivity contribution < 1.29 is 39.8 Å². The summed E-state index contributed by atoms with van der Waals surface area (Å²) in [6, 6.07) is -0.720. The monoisotopic (exact) mass is 914 g/mol. The van der Waals surface area contributed by atoms with Crippen LogP contribution in [0.3, 0.4) is 0 Å². The van der Waals surface area contributed by atoms with Gasteiger partial charge in [0.2, 0.25) is 5.91 Å². The van der Waals surface area contributed by atoms with E-state index < -0.39 is 49.5 Å². The van der Waals surface area contributed by atoms with E-state index >= 15 is 0 Å². The van der Waals surface area contributed by atoms with Gasteiger partial charge in [0.15, 0.2) is 6.29 Å². The third-order valence-electron chi connectivity index (χ3n) is 12.3. The summed E-state index contributed by atoms with van der Waals surface area (Å²) in [6.45, 7) is 3.69. The summed E-state index contributed by atoms with van der Waals surface area (Å²) < 4.78 is 11.2. The number of nitrogens with one attached hydrogen (secondary N) is 1. The van der Waals surface area contributed by atoms with Crippen molar-refractivity contribution in [2.75, 3.05) is 13.2 Å². The summed E-state index contributed by atoms with van der Waals surface area (Å²) >= 11 is 0. The lowest BCUT2D eigenvalue weighted by atomic mass is 9.99. The maximum atomic E-state index is 13.0. The fourth-order valence-corrected chi connectivity index (χ4v) is 8.11. The fraction of sp³-hybridized carbons (Fsp3) is 0.768. The second kappa shape index (κ2) is 45.4. The number of hydrogen-bond donors (Lipinski definition) is 6. The van der Waals surface area contributed by atoms with E-state index in [0.717, 1.165) is 77.0 Å². The highest BCUT2D eigenvalue weighted by molar-refractivity contribution is 5.76. The van der Waals surface area contributed by atoms with Gasteiger partial charge in [0.05, 0.1) is 25.4 Å². The summed E-state index contributed by atoms with van der Waals surface area (Å²) in [7, 11) is 0. The van der Waals surface area contributed by atoms with Gasteiger partial charge < -0.3 is 40.3 Å². The maximum Gasteiger partial charge on any atom is 0.220 e. The van der Waals surface area contributed by atoms with Crippen LogP contribution in [-0.2, 0) is 14.3 Å². The molecule has 0 aliphatic carbocycles. The van der Waals surface area contributed by atoms with Gasteiger partial charge in [-0.2, -0.15) is 0 Å². The highest BCUT2D eigenvalue weighted by Crippen LogP contribution is 2.23. The number of ether oxygens (including phenoxy) is 2. The molecule has 0 radical (unpaired) electrons. The highest BCUT2D eigenvalue weighted by atomic mass is 16.7. The molecular weight excluding hydrogens is 815 g/mol. The normalized spacial score (nSPS) is 20.5. The van der Waals surface area contributed by atoms with Crippen molar-refractivity contribution in [2.45, 2.75) is 262 Å². The minimum atomic E-state index is -1.55. The molecule has 1 heterocycles. The Bertz CT molecular complexity index is 1240. The van der Waals surface area contributed by atoms with E-state index in [0.29, 0.717) is 12.8 Å². The van der Waals surface area contributed by atoms with Gasteiger partial charge in [-0.05, 0) is 64.2 Å². The van der Waals surface area contributed by atoms with Gasteiger partial charge in [-0.15, -0.1) is 0 Å². The van der Waals surface area contributed by atoms with E-state index in [4.69, 9.17) is 9.47 Å². The Morgan fingerprint density at radius 1 is 0.538 bits per heavy atom. The Balaban J connectivity index is 2.10. The minimum absolute atomic E-state index is 0.140. The Morgan fingerprint density at radius 3 is 1.42 bits per heavy atom. The minimum Gasteiger partial charge on any atom is -0.394 e. The lowest BCUT2D eigenvalue weighted by Crippen LogP contribution is -2.60. The molecule has 9 heteroatoms. The Labute approximate surface area is 398 Å². The van der Waals surface area contributed by atoms with Crippen molar-refractivity contribution >= 4 is 5.91 Å². The van der Waals surface area contributed by atoms with E-state index in [2.05, 4.69) is 92.1 Å². The van der Waals surface area contributed by atoms with Gasteiger partial charge >= 0.3 is 0 Å².